The zero-order valence-electron chi connectivity index (χ0n) is 18.3. The van der Waals surface area contributed by atoms with E-state index in [0.717, 1.165) is 0 Å². The first-order chi connectivity index (χ1) is 16.8. The molecule has 0 fully saturated rings. The maximum atomic E-state index is 3.75. The number of nitrogens with one attached hydrogen (secondary N) is 1. The predicted octanol–water partition coefficient (Wildman–Crippen LogP) is 9.66. The molecule has 1 N–H and O–H groups in total. The van der Waals surface area contributed by atoms with E-state index in [1.54, 1.807) is 0 Å². The van der Waals surface area contributed by atoms with Crippen molar-refractivity contribution in [3.63, 3.8) is 0 Å². The van der Waals surface area contributed by atoms with Gasteiger partial charge in [-0.05, 0) is 51.4 Å². The maximum absolute atomic E-state index is 3.75. The lowest BCUT2D eigenvalue weighted by molar-refractivity contribution is 1.54. The molecule has 0 spiro atoms. The molecule has 34 heavy (non-hydrogen) atoms. The van der Waals surface area contributed by atoms with E-state index in [4.69, 9.17) is 0 Å². The molecule has 2 heteroatoms. The maximum Gasteiger partial charge on any atom is 0.0544 e. The number of para-hydroxylation sites is 1. The second-order valence-electron chi connectivity index (χ2n) is 9.04. The largest absolute Gasteiger partial charge is 0.354 e. The lowest BCUT2D eigenvalue weighted by Crippen LogP contribution is -1.81. The standard InChI is InChI=1S/C32H19NS/c1-3-8-22-19(6-1)12-15-27-30(22)25-11-5-10-24(32(25)33-27)21-14-16-28-26(18-21)31-23-9-4-2-7-20(23)13-17-29(31)34-28/h1-18,33H. The summed E-state index contributed by atoms with van der Waals surface area (Å²) >= 11 is 1.88. The summed E-state index contributed by atoms with van der Waals surface area (Å²) < 4.78 is 2.69. The Kier molecular flexibility index (Phi) is 3.60. The third kappa shape index (κ3) is 2.43. The van der Waals surface area contributed by atoms with Gasteiger partial charge in [-0.2, -0.15) is 0 Å². The third-order valence-electron chi connectivity index (χ3n) is 7.19. The molecule has 2 aromatic heterocycles. The van der Waals surface area contributed by atoms with E-state index >= 15 is 0 Å². The van der Waals surface area contributed by atoms with Gasteiger partial charge in [-0.3, -0.25) is 0 Å². The smallest absolute Gasteiger partial charge is 0.0544 e. The molecular formula is C32H19NS. The van der Waals surface area contributed by atoms with Crippen LogP contribution in [-0.4, -0.2) is 4.98 Å². The SMILES string of the molecule is c1ccc2c(c1)ccc1[nH]c3c(-c4ccc5sc6ccc7ccccc7c6c5c4)cccc3c12. The molecule has 8 rings (SSSR count). The summed E-state index contributed by atoms with van der Waals surface area (Å²) in [5.74, 6) is 0. The van der Waals surface area contributed by atoms with Crippen LogP contribution in [0.15, 0.2) is 109 Å². The summed E-state index contributed by atoms with van der Waals surface area (Å²) in [6.45, 7) is 0. The average molecular weight is 450 g/mol. The van der Waals surface area contributed by atoms with Crippen LogP contribution in [0.1, 0.15) is 0 Å². The van der Waals surface area contributed by atoms with Gasteiger partial charge in [0.2, 0.25) is 0 Å². The number of thiophene rings is 1. The monoisotopic (exact) mass is 449 g/mol. The van der Waals surface area contributed by atoms with Crippen LogP contribution in [-0.2, 0) is 0 Å². The van der Waals surface area contributed by atoms with Crippen LogP contribution >= 0.6 is 11.3 Å². The summed E-state index contributed by atoms with van der Waals surface area (Å²) in [6.07, 6.45) is 0. The number of aromatic amines is 1. The lowest BCUT2D eigenvalue weighted by Gasteiger charge is -2.06. The van der Waals surface area contributed by atoms with Crippen molar-refractivity contribution in [2.24, 2.45) is 0 Å². The first-order valence-electron chi connectivity index (χ1n) is 11.6. The number of hydrogen-bond acceptors (Lipinski definition) is 1. The first kappa shape index (κ1) is 18.3. The summed E-state index contributed by atoms with van der Waals surface area (Å²) in [6, 6.07) is 39.9. The highest BCUT2D eigenvalue weighted by atomic mass is 32.1. The number of fused-ring (bicyclic) bond motifs is 10. The molecule has 158 valence electrons. The molecule has 0 saturated carbocycles. The molecule has 2 heterocycles. The van der Waals surface area contributed by atoms with Gasteiger partial charge in [0, 0.05) is 42.0 Å². The minimum absolute atomic E-state index is 1.19. The van der Waals surface area contributed by atoms with Crippen molar-refractivity contribution < 1.29 is 0 Å². The number of aromatic nitrogens is 1. The van der Waals surface area contributed by atoms with Crippen molar-refractivity contribution in [3.05, 3.63) is 109 Å². The quantitative estimate of drug-likeness (QED) is 0.257. The molecule has 0 aliphatic rings. The number of hydrogen-bond donors (Lipinski definition) is 1. The molecule has 0 atom stereocenters. The van der Waals surface area contributed by atoms with Crippen LogP contribution in [0.5, 0.6) is 0 Å². The Balaban J connectivity index is 1.45. The highest BCUT2D eigenvalue weighted by Gasteiger charge is 2.14. The number of benzene rings is 6. The number of H-pyrrole nitrogens is 1. The van der Waals surface area contributed by atoms with Gasteiger partial charge in [0.15, 0.2) is 0 Å². The van der Waals surface area contributed by atoms with Gasteiger partial charge in [-0.15, -0.1) is 11.3 Å². The van der Waals surface area contributed by atoms with E-state index < -0.39 is 0 Å². The van der Waals surface area contributed by atoms with Crippen molar-refractivity contribution in [1.29, 1.82) is 0 Å². The van der Waals surface area contributed by atoms with Gasteiger partial charge in [0.05, 0.1) is 5.52 Å². The molecule has 0 aliphatic carbocycles. The molecule has 8 aromatic rings. The van der Waals surface area contributed by atoms with Gasteiger partial charge in [0.1, 0.15) is 0 Å². The molecule has 6 aromatic carbocycles. The van der Waals surface area contributed by atoms with Crippen molar-refractivity contribution >= 4 is 74.9 Å². The second-order valence-corrected chi connectivity index (χ2v) is 10.1. The van der Waals surface area contributed by atoms with E-state index in [9.17, 15) is 0 Å². The van der Waals surface area contributed by atoms with E-state index in [-0.39, 0.29) is 0 Å². The predicted molar refractivity (Wildman–Crippen MR) is 149 cm³/mol. The van der Waals surface area contributed by atoms with Crippen molar-refractivity contribution in [1.82, 2.24) is 4.98 Å². The molecule has 0 bridgehead atoms. The zero-order chi connectivity index (χ0) is 22.2. The summed E-state index contributed by atoms with van der Waals surface area (Å²) in [5, 5.41) is 10.5. The minimum atomic E-state index is 1.19. The fourth-order valence-electron chi connectivity index (χ4n) is 5.65. The van der Waals surface area contributed by atoms with Crippen molar-refractivity contribution in [3.8, 4) is 11.1 Å². The van der Waals surface area contributed by atoms with Crippen molar-refractivity contribution in [2.75, 3.05) is 0 Å². The molecule has 0 amide bonds. The van der Waals surface area contributed by atoms with E-state index in [1.165, 1.54) is 74.6 Å². The van der Waals surface area contributed by atoms with Gasteiger partial charge in [-0.1, -0.05) is 84.9 Å². The summed E-state index contributed by atoms with van der Waals surface area (Å²) in [7, 11) is 0. The fraction of sp³-hybridized carbons (Fsp3) is 0. The molecule has 0 saturated heterocycles. The Morgan fingerprint density at radius 1 is 0.500 bits per heavy atom. The molecular weight excluding hydrogens is 430 g/mol. The Labute approximate surface area is 199 Å². The van der Waals surface area contributed by atoms with Crippen LogP contribution in [0.2, 0.25) is 0 Å². The van der Waals surface area contributed by atoms with Crippen molar-refractivity contribution in [2.45, 2.75) is 0 Å². The normalized spacial score (nSPS) is 12.1. The Bertz CT molecular complexity index is 2070. The minimum Gasteiger partial charge on any atom is -0.354 e. The van der Waals surface area contributed by atoms with E-state index in [1.807, 2.05) is 11.3 Å². The highest BCUT2D eigenvalue weighted by Crippen LogP contribution is 2.42. The topological polar surface area (TPSA) is 15.8 Å². The molecule has 0 unspecified atom stereocenters. The van der Waals surface area contributed by atoms with Gasteiger partial charge in [0.25, 0.3) is 0 Å². The molecule has 0 radical (unpaired) electrons. The first-order valence-corrected chi connectivity index (χ1v) is 12.4. The summed E-state index contributed by atoms with van der Waals surface area (Å²) in [5.41, 5.74) is 4.90. The Morgan fingerprint density at radius 2 is 1.21 bits per heavy atom. The molecule has 0 aliphatic heterocycles. The lowest BCUT2D eigenvalue weighted by atomic mass is 9.98. The summed E-state index contributed by atoms with van der Waals surface area (Å²) in [4.78, 5) is 3.75. The van der Waals surface area contributed by atoms with E-state index in [2.05, 4.69) is 114 Å². The van der Waals surface area contributed by atoms with Crippen LogP contribution < -0.4 is 0 Å². The van der Waals surface area contributed by atoms with Crippen LogP contribution in [0.25, 0.3) is 74.6 Å². The number of rotatable bonds is 1. The van der Waals surface area contributed by atoms with E-state index in [0.29, 0.717) is 0 Å². The highest BCUT2D eigenvalue weighted by molar-refractivity contribution is 7.26. The zero-order valence-corrected chi connectivity index (χ0v) is 19.1. The second kappa shape index (κ2) is 6.69. The van der Waals surface area contributed by atoms with Crippen LogP contribution in [0.3, 0.4) is 0 Å². The van der Waals surface area contributed by atoms with Gasteiger partial charge < -0.3 is 4.98 Å². The average Bonchev–Trinajstić information content (AvgIpc) is 3.47. The van der Waals surface area contributed by atoms with Gasteiger partial charge in [-0.25, -0.2) is 0 Å². The Morgan fingerprint density at radius 3 is 2.06 bits per heavy atom. The van der Waals surface area contributed by atoms with Gasteiger partial charge >= 0.3 is 0 Å². The van der Waals surface area contributed by atoms with Crippen LogP contribution in [0.4, 0.5) is 0 Å². The van der Waals surface area contributed by atoms with Crippen LogP contribution in [0, 0.1) is 0 Å². The third-order valence-corrected chi connectivity index (χ3v) is 8.33. The Hall–Kier alpha value is -4.14. The molecule has 1 nitrogen and oxygen atoms in total. The fourth-order valence-corrected chi connectivity index (χ4v) is 6.75.